The molecule has 134 valence electrons. The van der Waals surface area contributed by atoms with Crippen molar-refractivity contribution in [2.24, 2.45) is 0 Å². The molecule has 2 aliphatic heterocycles. The number of rotatable bonds is 2. The lowest BCUT2D eigenvalue weighted by molar-refractivity contribution is -0.137. The first-order chi connectivity index (χ1) is 11.0. The van der Waals surface area contributed by atoms with E-state index < -0.39 is 36.3 Å². The number of aromatic nitrogens is 2. The van der Waals surface area contributed by atoms with Gasteiger partial charge in [-0.05, 0) is 47.0 Å². The van der Waals surface area contributed by atoms with Crippen LogP contribution in [0.1, 0.15) is 58.7 Å². The van der Waals surface area contributed by atoms with E-state index in [1.807, 2.05) is 0 Å². The van der Waals surface area contributed by atoms with Crippen molar-refractivity contribution in [1.82, 2.24) is 9.78 Å². The molecule has 1 aromatic rings. The summed E-state index contributed by atoms with van der Waals surface area (Å²) in [6, 6.07) is 0. The van der Waals surface area contributed by atoms with Crippen LogP contribution in [0.3, 0.4) is 0 Å². The van der Waals surface area contributed by atoms with Crippen molar-refractivity contribution in [3.63, 3.8) is 0 Å². The number of hydrogen-bond acceptors (Lipinski definition) is 4. The van der Waals surface area contributed by atoms with Gasteiger partial charge in [-0.1, -0.05) is 0 Å². The lowest BCUT2D eigenvalue weighted by Crippen LogP contribution is -2.41. The maximum atomic E-state index is 13.5. The Morgan fingerprint density at radius 2 is 1.79 bits per heavy atom. The fraction of sp³-hybridized carbons (Fsp3) is 0.800. The Hall–Kier alpha value is -1.06. The van der Waals surface area contributed by atoms with Crippen molar-refractivity contribution in [2.75, 3.05) is 6.61 Å². The highest BCUT2D eigenvalue weighted by Gasteiger charge is 2.55. The van der Waals surface area contributed by atoms with E-state index in [1.54, 1.807) is 27.7 Å². The van der Waals surface area contributed by atoms with Gasteiger partial charge in [0.2, 0.25) is 0 Å². The SMILES string of the molecule is CC1(C)OB(c2nn(C3CCCCO3)cc2C(F)(F)F)OC1(C)C. The second-order valence-corrected chi connectivity index (χ2v) is 7.32. The standard InChI is InChI=1S/C15H22BF3N2O3/c1-13(2)14(3,4)24-16(23-13)12-10(15(17,18)19)9-21(20-12)11-7-5-6-8-22-11/h9,11H,5-8H2,1-4H3. The molecule has 2 fully saturated rings. The summed E-state index contributed by atoms with van der Waals surface area (Å²) in [5.74, 6) is 0. The topological polar surface area (TPSA) is 45.5 Å². The van der Waals surface area contributed by atoms with Crippen molar-refractivity contribution in [3.05, 3.63) is 11.8 Å². The molecule has 0 aromatic carbocycles. The molecule has 0 saturated carbocycles. The Balaban J connectivity index is 1.96. The van der Waals surface area contributed by atoms with Crippen LogP contribution in [-0.2, 0) is 20.2 Å². The molecule has 5 nitrogen and oxygen atoms in total. The van der Waals surface area contributed by atoms with Gasteiger partial charge >= 0.3 is 13.3 Å². The zero-order chi connectivity index (χ0) is 17.8. The second kappa shape index (κ2) is 5.74. The monoisotopic (exact) mass is 346 g/mol. The van der Waals surface area contributed by atoms with Crippen molar-refractivity contribution >= 4 is 12.7 Å². The fourth-order valence-electron chi connectivity index (χ4n) is 2.83. The van der Waals surface area contributed by atoms with Gasteiger partial charge in [-0.15, -0.1) is 0 Å². The molecular formula is C15H22BF3N2O3. The average Bonchev–Trinajstić information content (AvgIpc) is 2.99. The van der Waals surface area contributed by atoms with Crippen LogP contribution in [0.5, 0.6) is 0 Å². The number of hydrogen-bond donors (Lipinski definition) is 0. The van der Waals surface area contributed by atoms with Crippen LogP contribution in [0.2, 0.25) is 0 Å². The number of alkyl halides is 3. The first-order valence-electron chi connectivity index (χ1n) is 8.15. The first-order valence-corrected chi connectivity index (χ1v) is 8.15. The van der Waals surface area contributed by atoms with Crippen LogP contribution in [-0.4, -0.2) is 34.7 Å². The Labute approximate surface area is 139 Å². The summed E-state index contributed by atoms with van der Waals surface area (Å²) in [6.45, 7) is 7.70. The molecule has 0 radical (unpaired) electrons. The molecule has 1 aromatic heterocycles. The van der Waals surface area contributed by atoms with Crippen LogP contribution in [0.25, 0.3) is 0 Å². The van der Waals surface area contributed by atoms with Gasteiger partial charge in [0.1, 0.15) is 11.8 Å². The molecule has 2 saturated heterocycles. The van der Waals surface area contributed by atoms with Gasteiger partial charge in [-0.3, -0.25) is 0 Å². The number of halogens is 3. The zero-order valence-corrected chi connectivity index (χ0v) is 14.3. The zero-order valence-electron chi connectivity index (χ0n) is 14.3. The smallest absolute Gasteiger partial charge is 0.398 e. The minimum absolute atomic E-state index is 0.240. The highest BCUT2D eigenvalue weighted by atomic mass is 19.4. The summed E-state index contributed by atoms with van der Waals surface area (Å²) >= 11 is 0. The van der Waals surface area contributed by atoms with Gasteiger partial charge < -0.3 is 14.0 Å². The van der Waals surface area contributed by atoms with Gasteiger partial charge in [0.05, 0.1) is 16.8 Å². The van der Waals surface area contributed by atoms with E-state index in [2.05, 4.69) is 5.10 Å². The van der Waals surface area contributed by atoms with Crippen molar-refractivity contribution in [3.8, 4) is 0 Å². The first kappa shape index (κ1) is 17.8. The summed E-state index contributed by atoms with van der Waals surface area (Å²) in [7, 11) is -1.16. The van der Waals surface area contributed by atoms with Gasteiger partial charge in [-0.2, -0.15) is 18.3 Å². The summed E-state index contributed by atoms with van der Waals surface area (Å²) in [6.07, 6.45) is -1.56. The Morgan fingerprint density at radius 3 is 2.29 bits per heavy atom. The van der Waals surface area contributed by atoms with Crippen LogP contribution >= 0.6 is 0 Å². The van der Waals surface area contributed by atoms with E-state index in [0.717, 1.165) is 19.0 Å². The highest BCUT2D eigenvalue weighted by Crippen LogP contribution is 2.38. The second-order valence-electron chi connectivity index (χ2n) is 7.32. The Kier molecular flexibility index (Phi) is 4.25. The Bertz CT molecular complexity index is 594. The predicted octanol–water partition coefficient (Wildman–Crippen LogP) is 2.90. The van der Waals surface area contributed by atoms with E-state index in [9.17, 15) is 13.2 Å². The third-order valence-electron chi connectivity index (χ3n) is 4.99. The number of nitrogens with zero attached hydrogens (tertiary/aromatic N) is 2. The van der Waals surface area contributed by atoms with Gasteiger partial charge in [0.15, 0.2) is 0 Å². The van der Waals surface area contributed by atoms with E-state index in [-0.39, 0.29) is 5.59 Å². The molecule has 0 aliphatic carbocycles. The van der Waals surface area contributed by atoms with Crippen molar-refractivity contribution < 1.29 is 27.2 Å². The number of ether oxygens (including phenoxy) is 1. The van der Waals surface area contributed by atoms with Crippen molar-refractivity contribution in [2.45, 2.75) is 70.6 Å². The maximum Gasteiger partial charge on any atom is 0.517 e. The molecule has 3 rings (SSSR count). The molecular weight excluding hydrogens is 324 g/mol. The minimum Gasteiger partial charge on any atom is -0.398 e. The summed E-state index contributed by atoms with van der Waals surface area (Å²) < 4.78 is 58.7. The third-order valence-corrected chi connectivity index (χ3v) is 4.99. The van der Waals surface area contributed by atoms with E-state index in [0.29, 0.717) is 13.0 Å². The Morgan fingerprint density at radius 1 is 1.17 bits per heavy atom. The molecule has 9 heteroatoms. The molecule has 2 aliphatic rings. The maximum absolute atomic E-state index is 13.5. The van der Waals surface area contributed by atoms with E-state index in [4.69, 9.17) is 14.0 Å². The summed E-state index contributed by atoms with van der Waals surface area (Å²) in [5.41, 5.74) is -2.54. The lowest BCUT2D eigenvalue weighted by atomic mass is 9.82. The van der Waals surface area contributed by atoms with Gasteiger partial charge in [-0.25, -0.2) is 4.68 Å². The normalized spacial score (nSPS) is 26.8. The van der Waals surface area contributed by atoms with Crippen LogP contribution < -0.4 is 5.59 Å². The molecule has 1 unspecified atom stereocenters. The third kappa shape index (κ3) is 3.09. The average molecular weight is 346 g/mol. The van der Waals surface area contributed by atoms with E-state index >= 15 is 0 Å². The van der Waals surface area contributed by atoms with Crippen LogP contribution in [0, 0.1) is 0 Å². The highest BCUT2D eigenvalue weighted by molar-refractivity contribution is 6.61. The van der Waals surface area contributed by atoms with Crippen molar-refractivity contribution in [1.29, 1.82) is 0 Å². The summed E-state index contributed by atoms with van der Waals surface area (Å²) in [5, 5.41) is 4.14. The summed E-state index contributed by atoms with van der Waals surface area (Å²) in [4.78, 5) is 0. The van der Waals surface area contributed by atoms with E-state index in [1.165, 1.54) is 4.68 Å². The molecule has 0 bridgehead atoms. The molecule has 0 spiro atoms. The largest absolute Gasteiger partial charge is 0.517 e. The molecule has 0 N–H and O–H groups in total. The quantitative estimate of drug-likeness (QED) is 0.773. The molecule has 24 heavy (non-hydrogen) atoms. The minimum atomic E-state index is -4.54. The molecule has 1 atom stereocenters. The predicted molar refractivity (Wildman–Crippen MR) is 81.8 cm³/mol. The molecule has 3 heterocycles. The van der Waals surface area contributed by atoms with Gasteiger partial charge in [0.25, 0.3) is 0 Å². The fourth-order valence-corrected chi connectivity index (χ4v) is 2.83. The molecule has 0 amide bonds. The van der Waals surface area contributed by atoms with Crippen LogP contribution in [0.15, 0.2) is 6.20 Å². The van der Waals surface area contributed by atoms with Gasteiger partial charge in [0, 0.05) is 12.8 Å². The lowest BCUT2D eigenvalue weighted by Gasteiger charge is -2.32. The van der Waals surface area contributed by atoms with Crippen LogP contribution in [0.4, 0.5) is 13.2 Å².